The maximum Gasteiger partial charge on any atom is 0.325 e. The zero-order valence-electron chi connectivity index (χ0n) is 10.1. The van der Waals surface area contributed by atoms with Crippen LogP contribution in [0.25, 0.3) is 0 Å². The monoisotopic (exact) mass is 250 g/mol. The average molecular weight is 250 g/mol. The van der Waals surface area contributed by atoms with E-state index in [1.165, 1.54) is 7.11 Å². The lowest BCUT2D eigenvalue weighted by molar-refractivity contribution is -0.142. The first-order chi connectivity index (χ1) is 8.52. The Morgan fingerprint density at radius 3 is 2.28 bits per heavy atom. The normalized spacial score (nSPS) is 9.44. The highest BCUT2D eigenvalue weighted by Gasteiger charge is 2.14. The number of methoxy groups -OCH3 is 1. The Morgan fingerprint density at radius 2 is 1.72 bits per heavy atom. The summed E-state index contributed by atoms with van der Waals surface area (Å²) in [6.45, 7) is 1.57. The van der Waals surface area contributed by atoms with E-state index in [4.69, 9.17) is 0 Å². The van der Waals surface area contributed by atoms with E-state index in [1.54, 1.807) is 12.1 Å². The fraction of sp³-hybridized carbons (Fsp3) is 0.250. The van der Waals surface area contributed by atoms with Crippen LogP contribution in [-0.2, 0) is 19.1 Å². The molecule has 1 aromatic rings. The third kappa shape index (κ3) is 4.25. The number of anilines is 1. The highest BCUT2D eigenvalue weighted by molar-refractivity contribution is 6.39. The molecular formula is C12H14N2O4. The standard InChI is InChI=1S/C12H14N2O4/c1-8-3-5-9(6-4-8)14-12(17)11(16)13-7-10(15)18-2/h3-6H,7H2,1-2H3,(H,13,16)(H,14,17). The molecule has 2 amide bonds. The summed E-state index contributed by atoms with van der Waals surface area (Å²) in [7, 11) is 1.20. The quantitative estimate of drug-likeness (QED) is 0.593. The maximum atomic E-state index is 11.4. The maximum absolute atomic E-state index is 11.4. The Hall–Kier alpha value is -2.37. The molecular weight excluding hydrogens is 236 g/mol. The Bertz CT molecular complexity index is 454. The lowest BCUT2D eigenvalue weighted by Gasteiger charge is -2.05. The Labute approximate surface area is 104 Å². The van der Waals surface area contributed by atoms with E-state index in [9.17, 15) is 14.4 Å². The predicted molar refractivity (Wildman–Crippen MR) is 64.8 cm³/mol. The molecule has 18 heavy (non-hydrogen) atoms. The summed E-state index contributed by atoms with van der Waals surface area (Å²) in [5.41, 5.74) is 1.56. The molecule has 0 aliphatic carbocycles. The van der Waals surface area contributed by atoms with Gasteiger partial charge in [-0.15, -0.1) is 0 Å². The Balaban J connectivity index is 2.47. The fourth-order valence-electron chi connectivity index (χ4n) is 1.13. The van der Waals surface area contributed by atoms with Gasteiger partial charge >= 0.3 is 17.8 Å². The molecule has 6 heteroatoms. The molecule has 0 heterocycles. The van der Waals surface area contributed by atoms with Crippen LogP contribution in [0.4, 0.5) is 5.69 Å². The second-order valence-electron chi connectivity index (χ2n) is 3.58. The second-order valence-corrected chi connectivity index (χ2v) is 3.58. The topological polar surface area (TPSA) is 84.5 Å². The number of hydrogen-bond donors (Lipinski definition) is 2. The van der Waals surface area contributed by atoms with Gasteiger partial charge in [0.1, 0.15) is 6.54 Å². The van der Waals surface area contributed by atoms with Crippen molar-refractivity contribution in [3.8, 4) is 0 Å². The molecule has 0 saturated heterocycles. The van der Waals surface area contributed by atoms with E-state index >= 15 is 0 Å². The van der Waals surface area contributed by atoms with Crippen molar-refractivity contribution >= 4 is 23.5 Å². The minimum absolute atomic E-state index is 0.337. The number of hydrogen-bond acceptors (Lipinski definition) is 4. The van der Waals surface area contributed by atoms with Gasteiger partial charge in [0.2, 0.25) is 0 Å². The molecule has 1 aromatic carbocycles. The third-order valence-corrected chi connectivity index (χ3v) is 2.14. The predicted octanol–water partition coefficient (Wildman–Crippen LogP) is 0.223. The van der Waals surface area contributed by atoms with Gasteiger partial charge in [0.15, 0.2) is 0 Å². The van der Waals surface area contributed by atoms with E-state index in [0.29, 0.717) is 5.69 Å². The molecule has 0 fully saturated rings. The number of aryl methyl sites for hydroxylation is 1. The number of carbonyl (C=O) groups excluding carboxylic acids is 3. The molecule has 0 spiro atoms. The fourth-order valence-corrected chi connectivity index (χ4v) is 1.13. The number of nitrogens with one attached hydrogen (secondary N) is 2. The van der Waals surface area contributed by atoms with Gasteiger partial charge in [-0.1, -0.05) is 17.7 Å². The van der Waals surface area contributed by atoms with Crippen molar-refractivity contribution in [1.82, 2.24) is 5.32 Å². The number of rotatable bonds is 3. The van der Waals surface area contributed by atoms with Crippen LogP contribution >= 0.6 is 0 Å². The zero-order chi connectivity index (χ0) is 13.5. The van der Waals surface area contributed by atoms with Crippen molar-refractivity contribution in [1.29, 1.82) is 0 Å². The molecule has 0 aliphatic rings. The minimum Gasteiger partial charge on any atom is -0.468 e. The highest BCUT2D eigenvalue weighted by atomic mass is 16.5. The second kappa shape index (κ2) is 6.39. The molecule has 1 rings (SSSR count). The summed E-state index contributed by atoms with van der Waals surface area (Å²) in [5.74, 6) is -2.34. The largest absolute Gasteiger partial charge is 0.468 e. The van der Waals surface area contributed by atoms with Gasteiger partial charge in [-0.05, 0) is 19.1 Å². The van der Waals surface area contributed by atoms with Gasteiger partial charge < -0.3 is 15.4 Å². The van der Waals surface area contributed by atoms with Crippen LogP contribution in [0.2, 0.25) is 0 Å². The van der Waals surface area contributed by atoms with Crippen LogP contribution in [0.1, 0.15) is 5.56 Å². The summed E-state index contributed by atoms with van der Waals surface area (Å²) in [6, 6.07) is 6.98. The molecule has 0 bridgehead atoms. The van der Waals surface area contributed by atoms with Crippen LogP contribution < -0.4 is 10.6 Å². The van der Waals surface area contributed by atoms with Crippen LogP contribution in [0.3, 0.4) is 0 Å². The highest BCUT2D eigenvalue weighted by Crippen LogP contribution is 2.07. The van der Waals surface area contributed by atoms with E-state index in [-0.39, 0.29) is 6.54 Å². The van der Waals surface area contributed by atoms with Gasteiger partial charge in [0.25, 0.3) is 0 Å². The van der Waals surface area contributed by atoms with Crippen molar-refractivity contribution in [3.05, 3.63) is 29.8 Å². The molecule has 2 N–H and O–H groups in total. The average Bonchev–Trinajstić information content (AvgIpc) is 2.38. The van der Waals surface area contributed by atoms with Crippen LogP contribution in [0, 0.1) is 6.92 Å². The number of ether oxygens (including phenoxy) is 1. The SMILES string of the molecule is COC(=O)CNC(=O)C(=O)Nc1ccc(C)cc1. The number of carbonyl (C=O) groups is 3. The van der Waals surface area contributed by atoms with Gasteiger partial charge in [0, 0.05) is 5.69 Å². The summed E-state index contributed by atoms with van der Waals surface area (Å²) >= 11 is 0. The number of esters is 1. The summed E-state index contributed by atoms with van der Waals surface area (Å²) in [4.78, 5) is 33.5. The van der Waals surface area contributed by atoms with Crippen LogP contribution in [0.5, 0.6) is 0 Å². The van der Waals surface area contributed by atoms with Crippen LogP contribution in [0.15, 0.2) is 24.3 Å². The lowest BCUT2D eigenvalue weighted by Crippen LogP contribution is -2.38. The Kier molecular flexibility index (Phi) is 4.86. The van der Waals surface area contributed by atoms with Gasteiger partial charge in [0.05, 0.1) is 7.11 Å². The van der Waals surface area contributed by atoms with Gasteiger partial charge in [-0.3, -0.25) is 14.4 Å². The molecule has 96 valence electrons. The van der Waals surface area contributed by atoms with E-state index in [0.717, 1.165) is 5.56 Å². The smallest absolute Gasteiger partial charge is 0.325 e. The first kappa shape index (κ1) is 13.7. The molecule has 0 aliphatic heterocycles. The third-order valence-electron chi connectivity index (χ3n) is 2.14. The zero-order valence-corrected chi connectivity index (χ0v) is 10.1. The van der Waals surface area contributed by atoms with E-state index in [1.807, 2.05) is 19.1 Å². The van der Waals surface area contributed by atoms with Crippen molar-refractivity contribution < 1.29 is 19.1 Å². The molecule has 0 aromatic heterocycles. The van der Waals surface area contributed by atoms with Crippen molar-refractivity contribution in [2.75, 3.05) is 19.0 Å². The molecule has 0 unspecified atom stereocenters. The Morgan fingerprint density at radius 1 is 1.11 bits per heavy atom. The minimum atomic E-state index is -0.888. The van der Waals surface area contributed by atoms with Gasteiger partial charge in [-0.25, -0.2) is 0 Å². The molecule has 0 radical (unpaired) electrons. The van der Waals surface area contributed by atoms with E-state index in [2.05, 4.69) is 15.4 Å². The molecule has 0 saturated carbocycles. The van der Waals surface area contributed by atoms with Crippen LogP contribution in [-0.4, -0.2) is 31.4 Å². The van der Waals surface area contributed by atoms with Crippen molar-refractivity contribution in [3.63, 3.8) is 0 Å². The summed E-state index contributed by atoms with van der Waals surface area (Å²) in [5, 5.41) is 4.55. The molecule has 0 atom stereocenters. The summed E-state index contributed by atoms with van der Waals surface area (Å²) in [6.07, 6.45) is 0. The molecule has 6 nitrogen and oxygen atoms in total. The number of benzene rings is 1. The summed E-state index contributed by atoms with van der Waals surface area (Å²) < 4.78 is 4.33. The van der Waals surface area contributed by atoms with Crippen molar-refractivity contribution in [2.45, 2.75) is 6.92 Å². The van der Waals surface area contributed by atoms with E-state index < -0.39 is 17.8 Å². The lowest BCUT2D eigenvalue weighted by atomic mass is 10.2. The first-order valence-electron chi connectivity index (χ1n) is 5.25. The first-order valence-corrected chi connectivity index (χ1v) is 5.25. The number of amides is 2. The van der Waals surface area contributed by atoms with Crippen molar-refractivity contribution in [2.24, 2.45) is 0 Å². The van der Waals surface area contributed by atoms with Gasteiger partial charge in [-0.2, -0.15) is 0 Å².